The lowest BCUT2D eigenvalue weighted by Crippen LogP contribution is -2.50. The second-order valence-electron chi connectivity index (χ2n) is 7.66. The highest BCUT2D eigenvalue weighted by molar-refractivity contribution is 6.33. The molecule has 0 spiro atoms. The summed E-state index contributed by atoms with van der Waals surface area (Å²) in [5.74, 6) is -0.131. The van der Waals surface area contributed by atoms with Gasteiger partial charge in [0.25, 0.3) is 5.91 Å². The zero-order chi connectivity index (χ0) is 19.8. The Bertz CT molecular complexity index is 741. The fraction of sp³-hybridized carbons (Fsp3) is 0.556. The molecule has 3 rings (SSSR count). The fourth-order valence-corrected chi connectivity index (χ4v) is 3.11. The number of hydrogen-bond acceptors (Lipinski definition) is 6. The number of alkyl carbamates (subject to hydrolysis) is 1. The Morgan fingerprint density at radius 2 is 2.04 bits per heavy atom. The molecule has 0 radical (unpaired) electrons. The molecule has 2 heterocycles. The van der Waals surface area contributed by atoms with Crippen LogP contribution < -0.4 is 11.1 Å². The van der Waals surface area contributed by atoms with E-state index < -0.39 is 18.0 Å². The van der Waals surface area contributed by atoms with Gasteiger partial charge < -0.3 is 30.2 Å². The molecule has 8 nitrogen and oxygen atoms in total. The number of nitrogens with zero attached hydrogens (tertiary/aromatic N) is 1. The van der Waals surface area contributed by atoms with Crippen LogP contribution >= 0.6 is 11.6 Å². The summed E-state index contributed by atoms with van der Waals surface area (Å²) in [7, 11) is 0. The Balaban J connectivity index is 1.49. The number of anilines is 1. The predicted octanol–water partition coefficient (Wildman–Crippen LogP) is 2.14. The van der Waals surface area contributed by atoms with Gasteiger partial charge in [-0.1, -0.05) is 11.6 Å². The van der Waals surface area contributed by atoms with Gasteiger partial charge in [0, 0.05) is 12.1 Å². The normalized spacial score (nSPS) is 22.5. The van der Waals surface area contributed by atoms with Crippen molar-refractivity contribution in [1.82, 2.24) is 10.2 Å². The van der Waals surface area contributed by atoms with E-state index in [1.807, 2.05) is 0 Å². The van der Waals surface area contributed by atoms with Gasteiger partial charge in [-0.15, -0.1) is 0 Å². The molecule has 1 fully saturated rings. The van der Waals surface area contributed by atoms with Gasteiger partial charge in [-0.3, -0.25) is 4.79 Å². The van der Waals surface area contributed by atoms with Crippen molar-refractivity contribution in [2.75, 3.05) is 25.5 Å². The lowest BCUT2D eigenvalue weighted by atomic mass is 10.1. The lowest BCUT2D eigenvalue weighted by molar-refractivity contribution is -0.193. The largest absolute Gasteiger partial charge is 0.444 e. The van der Waals surface area contributed by atoms with Crippen molar-refractivity contribution in [3.63, 3.8) is 0 Å². The number of rotatable bonds is 3. The van der Waals surface area contributed by atoms with Gasteiger partial charge in [-0.05, 0) is 38.5 Å². The maximum absolute atomic E-state index is 12.5. The summed E-state index contributed by atoms with van der Waals surface area (Å²) in [5, 5.41) is 3.07. The van der Waals surface area contributed by atoms with Crippen LogP contribution in [0.2, 0.25) is 5.02 Å². The molecule has 1 aromatic carbocycles. The molecule has 0 saturated carbocycles. The summed E-state index contributed by atoms with van der Waals surface area (Å²) >= 11 is 6.00. The zero-order valence-corrected chi connectivity index (χ0v) is 16.3. The highest BCUT2D eigenvalue weighted by atomic mass is 35.5. The molecule has 27 heavy (non-hydrogen) atoms. The van der Waals surface area contributed by atoms with E-state index in [9.17, 15) is 9.59 Å². The number of nitrogens with one attached hydrogen (secondary N) is 1. The van der Waals surface area contributed by atoms with Crippen LogP contribution in [0.25, 0.3) is 0 Å². The van der Waals surface area contributed by atoms with Gasteiger partial charge in [0.05, 0.1) is 36.5 Å². The first-order valence-electron chi connectivity index (χ1n) is 8.72. The maximum atomic E-state index is 12.5. The molecule has 0 atom stereocenters. The van der Waals surface area contributed by atoms with Crippen molar-refractivity contribution in [3.8, 4) is 0 Å². The van der Waals surface area contributed by atoms with E-state index in [2.05, 4.69) is 5.32 Å². The molecule has 3 N–H and O–H groups in total. The summed E-state index contributed by atoms with van der Waals surface area (Å²) in [6, 6.07) is 3.01. The Hall–Kier alpha value is -2.03. The van der Waals surface area contributed by atoms with Crippen molar-refractivity contribution in [2.45, 2.75) is 45.2 Å². The van der Waals surface area contributed by atoms with E-state index >= 15 is 0 Å². The van der Waals surface area contributed by atoms with E-state index in [1.165, 1.54) is 0 Å². The second kappa shape index (κ2) is 7.53. The topological polar surface area (TPSA) is 103 Å². The first-order chi connectivity index (χ1) is 12.6. The number of nitrogens with two attached hydrogens (primary N) is 1. The van der Waals surface area contributed by atoms with Crippen LogP contribution in [0.5, 0.6) is 0 Å². The first kappa shape index (κ1) is 19.7. The molecule has 2 aliphatic heterocycles. The molecule has 9 heteroatoms. The number of fused-ring (bicyclic) bond motifs is 1. The van der Waals surface area contributed by atoms with Crippen LogP contribution in [-0.2, 0) is 20.8 Å². The highest BCUT2D eigenvalue weighted by Crippen LogP contribution is 2.30. The number of halogens is 1. The zero-order valence-electron chi connectivity index (χ0n) is 15.6. The number of benzene rings is 1. The molecule has 0 bridgehead atoms. The molecular weight excluding hydrogens is 374 g/mol. The van der Waals surface area contributed by atoms with E-state index in [0.29, 0.717) is 22.8 Å². The second-order valence-corrected chi connectivity index (χ2v) is 8.06. The highest BCUT2D eigenvalue weighted by Gasteiger charge is 2.33. The standard InChI is InChI=1S/C18H24ClN3O5/c1-18(2,3)27-17(24)21-11-8-25-15(26-9-11)7-22-6-10-4-14(20)13(19)5-12(10)16(22)23/h4-5,11,15H,6-9,20H2,1-3H3,(H,21,24)/t11-,15+. The third kappa shape index (κ3) is 4.82. The molecule has 0 aromatic heterocycles. The molecule has 148 valence electrons. The number of carbonyl (C=O) groups is 2. The van der Waals surface area contributed by atoms with Crippen molar-refractivity contribution in [1.29, 1.82) is 0 Å². The van der Waals surface area contributed by atoms with Crippen LogP contribution in [0, 0.1) is 0 Å². The van der Waals surface area contributed by atoms with Crippen LogP contribution in [0.1, 0.15) is 36.7 Å². The Labute approximate surface area is 162 Å². The Kier molecular flexibility index (Phi) is 5.50. The third-order valence-electron chi connectivity index (χ3n) is 4.16. The summed E-state index contributed by atoms with van der Waals surface area (Å²) in [6.07, 6.45) is -1.08. The Morgan fingerprint density at radius 1 is 1.37 bits per heavy atom. The minimum Gasteiger partial charge on any atom is -0.444 e. The van der Waals surface area contributed by atoms with Crippen molar-refractivity contribution < 1.29 is 23.8 Å². The van der Waals surface area contributed by atoms with Crippen LogP contribution in [0.3, 0.4) is 0 Å². The molecule has 2 aliphatic rings. The van der Waals surface area contributed by atoms with Gasteiger partial charge in [0.1, 0.15) is 5.60 Å². The fourth-order valence-electron chi connectivity index (χ4n) is 2.95. The summed E-state index contributed by atoms with van der Waals surface area (Å²) in [6.45, 7) is 6.64. The van der Waals surface area contributed by atoms with E-state index in [1.54, 1.807) is 37.8 Å². The minimum absolute atomic E-state index is 0.131. The van der Waals surface area contributed by atoms with Gasteiger partial charge in [-0.2, -0.15) is 0 Å². The molecular formula is C18H24ClN3O5. The summed E-state index contributed by atoms with van der Waals surface area (Å²) in [4.78, 5) is 25.9. The van der Waals surface area contributed by atoms with Gasteiger partial charge in [0.2, 0.25) is 0 Å². The van der Waals surface area contributed by atoms with Gasteiger partial charge >= 0.3 is 6.09 Å². The van der Waals surface area contributed by atoms with E-state index in [0.717, 1.165) is 5.56 Å². The van der Waals surface area contributed by atoms with Crippen LogP contribution in [-0.4, -0.2) is 54.6 Å². The summed E-state index contributed by atoms with van der Waals surface area (Å²) in [5.41, 5.74) is 7.07. The van der Waals surface area contributed by atoms with Crippen LogP contribution in [0.15, 0.2) is 12.1 Å². The maximum Gasteiger partial charge on any atom is 0.408 e. The van der Waals surface area contributed by atoms with Crippen LogP contribution in [0.4, 0.5) is 10.5 Å². The van der Waals surface area contributed by atoms with E-state index in [4.69, 9.17) is 31.5 Å². The average molecular weight is 398 g/mol. The quantitative estimate of drug-likeness (QED) is 0.757. The Morgan fingerprint density at radius 3 is 2.67 bits per heavy atom. The van der Waals surface area contributed by atoms with Crippen molar-refractivity contribution in [2.24, 2.45) is 0 Å². The van der Waals surface area contributed by atoms with Crippen molar-refractivity contribution in [3.05, 3.63) is 28.3 Å². The smallest absolute Gasteiger partial charge is 0.408 e. The molecule has 0 aliphatic carbocycles. The number of hydrogen-bond donors (Lipinski definition) is 2. The lowest BCUT2D eigenvalue weighted by Gasteiger charge is -2.32. The van der Waals surface area contributed by atoms with Gasteiger partial charge in [0.15, 0.2) is 6.29 Å². The molecule has 0 unspecified atom stereocenters. The van der Waals surface area contributed by atoms with E-state index in [-0.39, 0.29) is 31.7 Å². The minimum atomic E-state index is -0.569. The molecule has 1 saturated heterocycles. The number of carbonyl (C=O) groups excluding carboxylic acids is 2. The van der Waals surface area contributed by atoms with Crippen molar-refractivity contribution >= 4 is 29.3 Å². The van der Waals surface area contributed by atoms with Gasteiger partial charge in [-0.25, -0.2) is 4.79 Å². The average Bonchev–Trinajstić information content (AvgIpc) is 2.84. The third-order valence-corrected chi connectivity index (χ3v) is 4.49. The number of ether oxygens (including phenoxy) is 3. The number of amides is 2. The predicted molar refractivity (Wildman–Crippen MR) is 99.5 cm³/mol. The monoisotopic (exact) mass is 397 g/mol. The molecule has 2 amide bonds. The SMILES string of the molecule is CC(C)(C)OC(=O)N[C@H]1CO[C@@H](CN2Cc3cc(N)c(Cl)cc3C2=O)OC1. The first-order valence-corrected chi connectivity index (χ1v) is 9.10. The number of nitrogen functional groups attached to an aromatic ring is 1. The summed E-state index contributed by atoms with van der Waals surface area (Å²) < 4.78 is 16.5. The molecule has 1 aromatic rings.